The average Bonchev–Trinajstić information content (AvgIpc) is 3.06. The molecule has 0 radical (unpaired) electrons. The zero-order valence-corrected chi connectivity index (χ0v) is 14.0. The van der Waals surface area contributed by atoms with Crippen molar-refractivity contribution >= 4 is 11.8 Å². The fourth-order valence-electron chi connectivity index (χ4n) is 2.67. The Balaban J connectivity index is 1.46. The summed E-state index contributed by atoms with van der Waals surface area (Å²) in [6.07, 6.45) is 0. The van der Waals surface area contributed by atoms with Crippen LogP contribution in [0.25, 0.3) is 0 Å². The van der Waals surface area contributed by atoms with Gasteiger partial charge < -0.3 is 24.4 Å². The van der Waals surface area contributed by atoms with Crippen molar-refractivity contribution < 1.29 is 14.1 Å². The van der Waals surface area contributed by atoms with E-state index in [1.807, 2.05) is 42.2 Å². The predicted octanol–water partition coefficient (Wildman–Crippen LogP) is 2.02. The van der Waals surface area contributed by atoms with Gasteiger partial charge in [0.25, 0.3) is 0 Å². The number of anilines is 1. The Labute approximate surface area is 141 Å². The van der Waals surface area contributed by atoms with E-state index < -0.39 is 0 Å². The van der Waals surface area contributed by atoms with Gasteiger partial charge in [0, 0.05) is 38.8 Å². The van der Waals surface area contributed by atoms with E-state index in [-0.39, 0.29) is 6.03 Å². The Morgan fingerprint density at radius 1 is 1.25 bits per heavy atom. The van der Waals surface area contributed by atoms with Crippen LogP contribution in [0.4, 0.5) is 10.6 Å². The van der Waals surface area contributed by atoms with Gasteiger partial charge in [0.1, 0.15) is 11.5 Å². The van der Waals surface area contributed by atoms with Gasteiger partial charge in [-0.25, -0.2) is 4.79 Å². The van der Waals surface area contributed by atoms with Crippen LogP contribution in [0.5, 0.6) is 5.75 Å². The van der Waals surface area contributed by atoms with Crippen molar-refractivity contribution in [2.24, 2.45) is 0 Å². The molecule has 2 heterocycles. The number of nitrogens with zero attached hydrogens (tertiary/aromatic N) is 3. The number of piperazine rings is 1. The number of hydrogen-bond acceptors (Lipinski definition) is 5. The molecule has 1 fully saturated rings. The minimum Gasteiger partial charge on any atom is -0.497 e. The quantitative estimate of drug-likeness (QED) is 0.929. The molecule has 24 heavy (non-hydrogen) atoms. The van der Waals surface area contributed by atoms with Crippen molar-refractivity contribution in [3.8, 4) is 5.75 Å². The number of aromatic nitrogens is 1. The second kappa shape index (κ2) is 7.25. The molecule has 1 aromatic heterocycles. The lowest BCUT2D eigenvalue weighted by Gasteiger charge is -2.34. The molecule has 1 aromatic carbocycles. The van der Waals surface area contributed by atoms with Gasteiger partial charge in [-0.05, 0) is 24.6 Å². The summed E-state index contributed by atoms with van der Waals surface area (Å²) < 4.78 is 10.2. The molecule has 1 aliphatic rings. The maximum absolute atomic E-state index is 12.3. The Bertz CT molecular complexity index is 675. The number of benzene rings is 1. The fourth-order valence-corrected chi connectivity index (χ4v) is 2.67. The van der Waals surface area contributed by atoms with Crippen LogP contribution in [-0.4, -0.2) is 49.4 Å². The first kappa shape index (κ1) is 16.2. The van der Waals surface area contributed by atoms with Gasteiger partial charge >= 0.3 is 6.03 Å². The standard InChI is InChI=1S/C17H22N4O3/c1-13-11-16(19-24-13)20-7-9-21(10-8-20)17(22)18-12-14-3-5-15(23-2)6-4-14/h3-6,11H,7-10,12H2,1-2H3,(H,18,22). The van der Waals surface area contributed by atoms with Crippen molar-refractivity contribution in [1.29, 1.82) is 0 Å². The summed E-state index contributed by atoms with van der Waals surface area (Å²) in [6, 6.07) is 9.55. The van der Waals surface area contributed by atoms with Crippen LogP contribution in [0.15, 0.2) is 34.9 Å². The zero-order chi connectivity index (χ0) is 16.9. The number of amides is 2. The van der Waals surface area contributed by atoms with Crippen LogP contribution in [0.2, 0.25) is 0 Å². The fraction of sp³-hybridized carbons (Fsp3) is 0.412. The summed E-state index contributed by atoms with van der Waals surface area (Å²) in [7, 11) is 1.64. The van der Waals surface area contributed by atoms with Gasteiger partial charge in [-0.2, -0.15) is 0 Å². The number of methoxy groups -OCH3 is 1. The highest BCUT2D eigenvalue weighted by molar-refractivity contribution is 5.74. The maximum Gasteiger partial charge on any atom is 0.317 e. The number of carbonyl (C=O) groups is 1. The molecule has 0 atom stereocenters. The molecule has 7 nitrogen and oxygen atoms in total. The Kier molecular flexibility index (Phi) is 4.88. The monoisotopic (exact) mass is 330 g/mol. The minimum absolute atomic E-state index is 0.0400. The topological polar surface area (TPSA) is 70.8 Å². The van der Waals surface area contributed by atoms with Crippen LogP contribution in [0, 0.1) is 6.92 Å². The molecule has 1 saturated heterocycles. The van der Waals surface area contributed by atoms with E-state index in [4.69, 9.17) is 9.26 Å². The van der Waals surface area contributed by atoms with Crippen molar-refractivity contribution in [3.05, 3.63) is 41.7 Å². The number of urea groups is 1. The largest absolute Gasteiger partial charge is 0.497 e. The molecule has 0 aliphatic carbocycles. The van der Waals surface area contributed by atoms with Gasteiger partial charge in [-0.15, -0.1) is 0 Å². The van der Waals surface area contributed by atoms with Crippen LogP contribution in [0.3, 0.4) is 0 Å². The Morgan fingerprint density at radius 2 is 1.96 bits per heavy atom. The molecular weight excluding hydrogens is 308 g/mol. The lowest BCUT2D eigenvalue weighted by atomic mass is 10.2. The molecule has 0 saturated carbocycles. The van der Waals surface area contributed by atoms with E-state index in [0.717, 1.165) is 36.0 Å². The molecule has 128 valence electrons. The molecule has 1 aliphatic heterocycles. The van der Waals surface area contributed by atoms with Gasteiger partial charge in [-0.1, -0.05) is 17.3 Å². The lowest BCUT2D eigenvalue weighted by molar-refractivity contribution is 0.193. The van der Waals surface area contributed by atoms with Gasteiger partial charge in [0.15, 0.2) is 5.82 Å². The predicted molar refractivity (Wildman–Crippen MR) is 90.3 cm³/mol. The Hall–Kier alpha value is -2.70. The number of carbonyl (C=O) groups excluding carboxylic acids is 1. The number of ether oxygens (including phenoxy) is 1. The summed E-state index contributed by atoms with van der Waals surface area (Å²) in [4.78, 5) is 16.2. The van der Waals surface area contributed by atoms with E-state index >= 15 is 0 Å². The van der Waals surface area contributed by atoms with E-state index in [1.165, 1.54) is 0 Å². The van der Waals surface area contributed by atoms with Gasteiger partial charge in [-0.3, -0.25) is 0 Å². The first-order valence-electron chi connectivity index (χ1n) is 7.99. The molecular formula is C17H22N4O3. The van der Waals surface area contributed by atoms with Crippen LogP contribution < -0.4 is 15.0 Å². The third kappa shape index (κ3) is 3.79. The van der Waals surface area contributed by atoms with Gasteiger partial charge in [0.05, 0.1) is 7.11 Å². The highest BCUT2D eigenvalue weighted by atomic mass is 16.5. The van der Waals surface area contributed by atoms with E-state index in [1.54, 1.807) is 7.11 Å². The van der Waals surface area contributed by atoms with Crippen molar-refractivity contribution in [1.82, 2.24) is 15.4 Å². The smallest absolute Gasteiger partial charge is 0.317 e. The third-order valence-corrected chi connectivity index (χ3v) is 4.11. The first-order chi connectivity index (χ1) is 11.7. The van der Waals surface area contributed by atoms with Crippen molar-refractivity contribution in [2.75, 3.05) is 38.2 Å². The summed E-state index contributed by atoms with van der Waals surface area (Å²) in [5.74, 6) is 2.44. The summed E-state index contributed by atoms with van der Waals surface area (Å²) in [6.45, 7) is 5.22. The molecule has 3 rings (SSSR count). The molecule has 0 unspecified atom stereocenters. The molecule has 0 bridgehead atoms. The summed E-state index contributed by atoms with van der Waals surface area (Å²) in [5.41, 5.74) is 1.04. The molecule has 2 amide bonds. The highest BCUT2D eigenvalue weighted by Crippen LogP contribution is 2.16. The zero-order valence-electron chi connectivity index (χ0n) is 14.0. The second-order valence-electron chi connectivity index (χ2n) is 5.78. The van der Waals surface area contributed by atoms with E-state index in [0.29, 0.717) is 19.6 Å². The number of aryl methyl sites for hydroxylation is 1. The maximum atomic E-state index is 12.3. The van der Waals surface area contributed by atoms with Crippen LogP contribution in [-0.2, 0) is 6.54 Å². The minimum atomic E-state index is -0.0400. The van der Waals surface area contributed by atoms with Crippen molar-refractivity contribution in [3.63, 3.8) is 0 Å². The highest BCUT2D eigenvalue weighted by Gasteiger charge is 2.22. The van der Waals surface area contributed by atoms with Crippen LogP contribution in [0.1, 0.15) is 11.3 Å². The second-order valence-corrected chi connectivity index (χ2v) is 5.78. The van der Waals surface area contributed by atoms with Crippen LogP contribution >= 0.6 is 0 Å². The van der Waals surface area contributed by atoms with Crippen molar-refractivity contribution in [2.45, 2.75) is 13.5 Å². The lowest BCUT2D eigenvalue weighted by Crippen LogP contribution is -2.51. The number of rotatable bonds is 4. The van der Waals surface area contributed by atoms with E-state index in [2.05, 4.69) is 15.4 Å². The normalized spacial score (nSPS) is 14.6. The SMILES string of the molecule is COc1ccc(CNC(=O)N2CCN(c3cc(C)on3)CC2)cc1. The molecule has 7 heteroatoms. The third-order valence-electron chi connectivity index (χ3n) is 4.11. The first-order valence-corrected chi connectivity index (χ1v) is 7.99. The average molecular weight is 330 g/mol. The Morgan fingerprint density at radius 3 is 2.54 bits per heavy atom. The molecule has 0 spiro atoms. The number of hydrogen-bond donors (Lipinski definition) is 1. The molecule has 1 N–H and O–H groups in total. The van der Waals surface area contributed by atoms with Gasteiger partial charge in [0.2, 0.25) is 0 Å². The summed E-state index contributed by atoms with van der Waals surface area (Å²) in [5, 5.41) is 6.98. The van der Waals surface area contributed by atoms with E-state index in [9.17, 15) is 4.79 Å². The molecule has 2 aromatic rings. The summed E-state index contributed by atoms with van der Waals surface area (Å²) >= 11 is 0. The number of nitrogens with one attached hydrogen (secondary N) is 1.